The van der Waals surface area contributed by atoms with Gasteiger partial charge < -0.3 is 21.1 Å². The van der Waals surface area contributed by atoms with Gasteiger partial charge in [-0.15, -0.1) is 11.3 Å². The summed E-state index contributed by atoms with van der Waals surface area (Å²) in [6.07, 6.45) is 6.00. The maximum Gasteiger partial charge on any atom is 0.167 e. The number of aliphatic hydroxyl groups is 1. The molecule has 2 aromatic heterocycles. The van der Waals surface area contributed by atoms with Crippen LogP contribution in [0.3, 0.4) is 0 Å². The van der Waals surface area contributed by atoms with Crippen molar-refractivity contribution < 1.29 is 5.11 Å². The lowest BCUT2D eigenvalue weighted by Gasteiger charge is -2.34. The largest absolute Gasteiger partial charge is 0.385 e. The molecule has 7 nitrogen and oxygen atoms in total. The van der Waals surface area contributed by atoms with Crippen LogP contribution >= 0.6 is 22.9 Å². The maximum atomic E-state index is 11.5. The first kappa shape index (κ1) is 23.5. The molecule has 0 aliphatic carbocycles. The molecule has 1 atom stereocenters. The Bertz CT molecular complexity index is 1020. The molecule has 9 heteroatoms. The zero-order chi connectivity index (χ0) is 22.8. The smallest absolute Gasteiger partial charge is 0.167 e. The SMILES string of the molecule is CCCC(O)(CCC)/C(=C/C(C)=N)C1NC(C)=C(c2sc(-c3ncnn3C)cc2Cl)N1. The molecule has 1 aliphatic rings. The Labute approximate surface area is 192 Å². The average Bonchev–Trinajstić information content (AvgIpc) is 3.38. The molecule has 0 spiro atoms. The van der Waals surface area contributed by atoms with Gasteiger partial charge in [-0.2, -0.15) is 5.10 Å². The molecule has 1 aliphatic heterocycles. The fourth-order valence-corrected chi connectivity index (χ4v) is 5.63. The van der Waals surface area contributed by atoms with Crippen molar-refractivity contribution in [3.63, 3.8) is 0 Å². The van der Waals surface area contributed by atoms with Gasteiger partial charge >= 0.3 is 0 Å². The van der Waals surface area contributed by atoms with Crippen molar-refractivity contribution in [1.29, 1.82) is 5.41 Å². The highest BCUT2D eigenvalue weighted by Gasteiger charge is 2.38. The molecule has 2 aromatic rings. The van der Waals surface area contributed by atoms with Gasteiger partial charge in [0.05, 0.1) is 26.1 Å². The van der Waals surface area contributed by atoms with Gasteiger partial charge in [0, 0.05) is 24.0 Å². The van der Waals surface area contributed by atoms with E-state index in [9.17, 15) is 5.11 Å². The molecule has 0 fully saturated rings. The van der Waals surface area contributed by atoms with Crippen LogP contribution in [0.1, 0.15) is 58.3 Å². The summed E-state index contributed by atoms with van der Waals surface area (Å²) in [5, 5.41) is 31.4. The van der Waals surface area contributed by atoms with Gasteiger partial charge in [0.1, 0.15) is 12.5 Å². The zero-order valence-electron chi connectivity index (χ0n) is 18.7. The third-order valence-corrected chi connectivity index (χ3v) is 6.98. The van der Waals surface area contributed by atoms with Gasteiger partial charge in [0.25, 0.3) is 0 Å². The van der Waals surface area contributed by atoms with E-state index in [-0.39, 0.29) is 6.17 Å². The van der Waals surface area contributed by atoms with E-state index < -0.39 is 5.60 Å². The second-order valence-corrected chi connectivity index (χ2v) is 9.49. The molecule has 0 saturated carbocycles. The summed E-state index contributed by atoms with van der Waals surface area (Å²) in [4.78, 5) is 6.17. The highest BCUT2D eigenvalue weighted by atomic mass is 35.5. The van der Waals surface area contributed by atoms with Crippen molar-refractivity contribution in [2.75, 3.05) is 0 Å². The van der Waals surface area contributed by atoms with Gasteiger partial charge in [-0.05, 0) is 38.8 Å². The van der Waals surface area contributed by atoms with Gasteiger partial charge in [-0.1, -0.05) is 38.3 Å². The lowest BCUT2D eigenvalue weighted by atomic mass is 9.82. The molecule has 168 valence electrons. The van der Waals surface area contributed by atoms with Gasteiger partial charge in [0.2, 0.25) is 0 Å². The number of hydrogen-bond donors (Lipinski definition) is 4. The van der Waals surface area contributed by atoms with Crippen LogP contribution in [0.15, 0.2) is 29.7 Å². The van der Waals surface area contributed by atoms with E-state index in [4.69, 9.17) is 17.0 Å². The van der Waals surface area contributed by atoms with Crippen molar-refractivity contribution in [3.05, 3.63) is 39.6 Å². The monoisotopic (exact) mass is 462 g/mol. The number of nitrogens with zero attached hydrogens (tertiary/aromatic N) is 3. The number of hydrogen-bond acceptors (Lipinski definition) is 7. The summed E-state index contributed by atoms with van der Waals surface area (Å²) < 4.78 is 1.72. The summed E-state index contributed by atoms with van der Waals surface area (Å²) in [5.41, 5.74) is 2.07. The third kappa shape index (κ3) is 4.86. The molecule has 4 N–H and O–H groups in total. The predicted molar refractivity (Wildman–Crippen MR) is 128 cm³/mol. The molecular weight excluding hydrogens is 432 g/mol. The number of halogens is 1. The van der Waals surface area contributed by atoms with Crippen LogP contribution in [0.2, 0.25) is 5.02 Å². The maximum absolute atomic E-state index is 11.5. The highest BCUT2D eigenvalue weighted by Crippen LogP contribution is 2.40. The van der Waals surface area contributed by atoms with E-state index in [1.54, 1.807) is 29.0 Å². The summed E-state index contributed by atoms with van der Waals surface area (Å²) in [7, 11) is 1.85. The number of rotatable bonds is 9. The summed E-state index contributed by atoms with van der Waals surface area (Å²) in [6, 6.07) is 1.91. The molecule has 3 rings (SSSR count). The first-order valence-corrected chi connectivity index (χ1v) is 11.8. The van der Waals surface area contributed by atoms with E-state index >= 15 is 0 Å². The Kier molecular flexibility index (Phi) is 7.24. The van der Waals surface area contributed by atoms with Crippen molar-refractivity contribution >= 4 is 34.3 Å². The molecule has 0 bridgehead atoms. The van der Waals surface area contributed by atoms with Crippen LogP contribution in [0.4, 0.5) is 0 Å². The average molecular weight is 463 g/mol. The summed E-state index contributed by atoms with van der Waals surface area (Å²) in [6.45, 7) is 7.87. The number of aromatic nitrogens is 3. The van der Waals surface area contributed by atoms with E-state index in [1.807, 2.05) is 20.0 Å². The number of aryl methyl sites for hydroxylation is 1. The molecule has 0 saturated heterocycles. The van der Waals surface area contributed by atoms with Gasteiger partial charge in [-0.25, -0.2) is 9.67 Å². The van der Waals surface area contributed by atoms with Crippen LogP contribution in [0.5, 0.6) is 0 Å². The van der Waals surface area contributed by atoms with E-state index in [0.717, 1.165) is 45.4 Å². The number of thiophene rings is 1. The molecule has 0 radical (unpaired) electrons. The Morgan fingerprint density at radius 3 is 2.58 bits per heavy atom. The van der Waals surface area contributed by atoms with Crippen LogP contribution in [-0.4, -0.2) is 37.3 Å². The van der Waals surface area contributed by atoms with Crippen molar-refractivity contribution in [2.24, 2.45) is 7.05 Å². The van der Waals surface area contributed by atoms with E-state index in [1.165, 1.54) is 6.33 Å². The Balaban J connectivity index is 1.94. The normalized spacial score (nSPS) is 17.1. The molecule has 3 heterocycles. The topological polar surface area (TPSA) is 98.8 Å². The Morgan fingerprint density at radius 2 is 2.03 bits per heavy atom. The predicted octanol–water partition coefficient (Wildman–Crippen LogP) is 4.70. The Hall–Kier alpha value is -2.16. The number of nitrogens with one attached hydrogen (secondary N) is 3. The van der Waals surface area contributed by atoms with E-state index in [2.05, 4.69) is 34.6 Å². The van der Waals surface area contributed by atoms with Crippen LogP contribution < -0.4 is 10.6 Å². The lowest BCUT2D eigenvalue weighted by molar-refractivity contribution is 0.0508. The fourth-order valence-electron chi connectivity index (χ4n) is 4.10. The minimum absolute atomic E-state index is 0.310. The first-order chi connectivity index (χ1) is 14.7. The molecule has 0 amide bonds. The van der Waals surface area contributed by atoms with Crippen molar-refractivity contribution in [1.82, 2.24) is 25.4 Å². The van der Waals surface area contributed by atoms with Crippen LogP contribution in [-0.2, 0) is 7.05 Å². The second kappa shape index (κ2) is 9.54. The third-order valence-electron chi connectivity index (χ3n) is 5.42. The van der Waals surface area contributed by atoms with E-state index in [0.29, 0.717) is 23.6 Å². The quantitative estimate of drug-likeness (QED) is 0.405. The summed E-state index contributed by atoms with van der Waals surface area (Å²) in [5.74, 6) is 0.763. The van der Waals surface area contributed by atoms with Gasteiger partial charge in [-0.3, -0.25) is 0 Å². The lowest BCUT2D eigenvalue weighted by Crippen LogP contribution is -2.46. The number of allylic oxidation sites excluding steroid dienone is 2. The van der Waals surface area contributed by atoms with Gasteiger partial charge in [0.15, 0.2) is 5.82 Å². The highest BCUT2D eigenvalue weighted by molar-refractivity contribution is 7.17. The first-order valence-electron chi connectivity index (χ1n) is 10.6. The summed E-state index contributed by atoms with van der Waals surface area (Å²) >= 11 is 8.16. The standard InChI is InChI=1S/C22H31ClN6OS/c1-6-8-22(30,9-7-2)15(10-13(3)24)20-27-14(4)18(28-20)19-16(23)11-17(31-19)21-25-12-26-29(21)5/h10-12,20,24,27-28,30H,6-9H2,1-5H3/b15-10+,24-13?. The molecule has 31 heavy (non-hydrogen) atoms. The molecule has 0 aromatic carbocycles. The van der Waals surface area contributed by atoms with Crippen LogP contribution in [0.25, 0.3) is 16.4 Å². The molecular formula is C22H31ClN6OS. The van der Waals surface area contributed by atoms with Crippen LogP contribution in [0, 0.1) is 5.41 Å². The van der Waals surface area contributed by atoms with Crippen molar-refractivity contribution in [2.45, 2.75) is 65.1 Å². The Morgan fingerprint density at radius 1 is 1.35 bits per heavy atom. The zero-order valence-corrected chi connectivity index (χ0v) is 20.3. The van der Waals surface area contributed by atoms with Crippen molar-refractivity contribution in [3.8, 4) is 10.7 Å². The minimum Gasteiger partial charge on any atom is -0.385 e. The molecule has 1 unspecified atom stereocenters. The second-order valence-electron chi connectivity index (χ2n) is 8.03. The fraction of sp³-hybridized carbons (Fsp3) is 0.500. The minimum atomic E-state index is -0.977.